The molecule has 1 aliphatic rings. The van der Waals surface area contributed by atoms with E-state index >= 15 is 0 Å². The maximum Gasteiger partial charge on any atom is 0.152 e. The molecular formula is C20H25FO2. The number of benzene rings is 1. The van der Waals surface area contributed by atoms with Gasteiger partial charge in [-0.15, -0.1) is 0 Å². The minimum absolute atomic E-state index is 0.129. The molecule has 0 N–H and O–H groups in total. The van der Waals surface area contributed by atoms with E-state index in [1.165, 1.54) is 19.3 Å². The van der Waals surface area contributed by atoms with E-state index in [2.05, 4.69) is 13.5 Å². The summed E-state index contributed by atoms with van der Waals surface area (Å²) in [4.78, 5) is 10.6. The molecule has 1 saturated carbocycles. The van der Waals surface area contributed by atoms with Crippen molar-refractivity contribution in [3.05, 3.63) is 47.8 Å². The topological polar surface area (TPSA) is 26.3 Å². The summed E-state index contributed by atoms with van der Waals surface area (Å²) < 4.78 is 20.0. The average Bonchev–Trinajstić information content (AvgIpc) is 2.61. The van der Waals surface area contributed by atoms with Crippen LogP contribution in [0.3, 0.4) is 0 Å². The van der Waals surface area contributed by atoms with Crippen molar-refractivity contribution in [3.8, 4) is 5.75 Å². The van der Waals surface area contributed by atoms with Crippen LogP contribution in [0.2, 0.25) is 0 Å². The number of allylic oxidation sites excluding steroid dienone is 3. The number of carbonyl (C=O) groups is 1. The van der Waals surface area contributed by atoms with Crippen molar-refractivity contribution in [1.82, 2.24) is 0 Å². The first-order valence-electron chi connectivity index (χ1n) is 8.33. The van der Waals surface area contributed by atoms with Gasteiger partial charge in [-0.25, -0.2) is 4.39 Å². The Hall–Kier alpha value is -1.90. The van der Waals surface area contributed by atoms with Crippen LogP contribution in [-0.4, -0.2) is 12.4 Å². The van der Waals surface area contributed by atoms with Crippen LogP contribution in [0.5, 0.6) is 5.75 Å². The van der Waals surface area contributed by atoms with Crippen LogP contribution in [0.4, 0.5) is 4.39 Å². The molecule has 0 spiro atoms. The maximum absolute atomic E-state index is 13.9. The number of rotatable bonds is 6. The quantitative estimate of drug-likeness (QED) is 0.394. The molecule has 2 rings (SSSR count). The van der Waals surface area contributed by atoms with Crippen molar-refractivity contribution in [1.29, 1.82) is 0 Å². The fraction of sp³-hybridized carbons (Fsp3) is 0.450. The summed E-state index contributed by atoms with van der Waals surface area (Å²) in [6, 6.07) is 7.36. The van der Waals surface area contributed by atoms with Crippen LogP contribution < -0.4 is 4.74 Å². The lowest BCUT2D eigenvalue weighted by atomic mass is 9.86. The molecule has 2 nitrogen and oxygen atoms in total. The highest BCUT2D eigenvalue weighted by Crippen LogP contribution is 2.30. The Kier molecular flexibility index (Phi) is 6.14. The van der Waals surface area contributed by atoms with E-state index in [4.69, 9.17) is 4.74 Å². The van der Waals surface area contributed by atoms with Crippen molar-refractivity contribution in [2.75, 3.05) is 0 Å². The molecule has 0 saturated heterocycles. The van der Waals surface area contributed by atoms with Crippen molar-refractivity contribution >= 4 is 11.9 Å². The van der Waals surface area contributed by atoms with Crippen LogP contribution in [0.1, 0.15) is 51.5 Å². The molecule has 0 aliphatic heterocycles. The van der Waals surface area contributed by atoms with E-state index < -0.39 is 5.83 Å². The number of hydrogen-bond acceptors (Lipinski definition) is 2. The zero-order chi connectivity index (χ0) is 16.8. The molecule has 0 aromatic heterocycles. The smallest absolute Gasteiger partial charge is 0.152 e. The Bertz CT molecular complexity index is 578. The largest absolute Gasteiger partial charge is 0.490 e. The third-order valence-electron chi connectivity index (χ3n) is 4.71. The SMILES string of the molecule is C=C(C=O)C(F)=C(C)c1ccc(OC2CCC(CC)CC2)cc1. The molecule has 0 bridgehead atoms. The minimum Gasteiger partial charge on any atom is -0.490 e. The summed E-state index contributed by atoms with van der Waals surface area (Å²) in [5.41, 5.74) is 1.01. The summed E-state index contributed by atoms with van der Waals surface area (Å²) in [5, 5.41) is 0. The van der Waals surface area contributed by atoms with Crippen molar-refractivity contribution < 1.29 is 13.9 Å². The van der Waals surface area contributed by atoms with E-state index in [1.54, 1.807) is 6.92 Å². The van der Waals surface area contributed by atoms with Crippen LogP contribution >= 0.6 is 0 Å². The lowest BCUT2D eigenvalue weighted by Crippen LogP contribution is -2.23. The molecule has 1 fully saturated rings. The molecule has 124 valence electrons. The van der Waals surface area contributed by atoms with Gasteiger partial charge in [0.25, 0.3) is 0 Å². The summed E-state index contributed by atoms with van der Waals surface area (Å²) >= 11 is 0. The van der Waals surface area contributed by atoms with Gasteiger partial charge in [-0.3, -0.25) is 4.79 Å². The van der Waals surface area contributed by atoms with E-state index in [9.17, 15) is 9.18 Å². The highest BCUT2D eigenvalue weighted by atomic mass is 19.1. The summed E-state index contributed by atoms with van der Waals surface area (Å²) in [5.74, 6) is 1.10. The molecule has 1 aliphatic carbocycles. The predicted octanol–water partition coefficient (Wildman–Crippen LogP) is 5.49. The summed E-state index contributed by atoms with van der Waals surface area (Å²) in [6.07, 6.45) is 6.65. The summed E-state index contributed by atoms with van der Waals surface area (Å²) in [6.45, 7) is 7.30. The van der Waals surface area contributed by atoms with E-state index in [0.29, 0.717) is 11.9 Å². The molecule has 1 aromatic carbocycles. The molecule has 23 heavy (non-hydrogen) atoms. The van der Waals surface area contributed by atoms with Gasteiger partial charge in [0.05, 0.1) is 6.10 Å². The van der Waals surface area contributed by atoms with Crippen molar-refractivity contribution in [3.63, 3.8) is 0 Å². The molecule has 0 heterocycles. The molecule has 3 heteroatoms. The van der Waals surface area contributed by atoms with Gasteiger partial charge in [-0.2, -0.15) is 0 Å². The Morgan fingerprint density at radius 3 is 2.39 bits per heavy atom. The number of halogens is 1. The third-order valence-corrected chi connectivity index (χ3v) is 4.71. The number of aldehydes is 1. The van der Waals surface area contributed by atoms with Crippen LogP contribution in [0.25, 0.3) is 5.57 Å². The van der Waals surface area contributed by atoms with Gasteiger partial charge >= 0.3 is 0 Å². The first kappa shape index (κ1) is 17.5. The van der Waals surface area contributed by atoms with E-state index in [0.717, 1.165) is 30.1 Å². The Balaban J connectivity index is 2.00. The zero-order valence-corrected chi connectivity index (χ0v) is 14.0. The molecule has 0 unspecified atom stereocenters. The zero-order valence-electron chi connectivity index (χ0n) is 14.0. The standard InChI is InChI=1S/C20H25FO2/c1-4-16-5-9-18(10-6-16)23-19-11-7-17(8-12-19)15(3)20(21)14(2)13-22/h7-8,11-13,16,18H,2,4-6,9-10H2,1,3H3. The molecule has 0 amide bonds. The maximum atomic E-state index is 13.9. The van der Waals surface area contributed by atoms with Gasteiger partial charge in [0.2, 0.25) is 0 Å². The average molecular weight is 316 g/mol. The highest BCUT2D eigenvalue weighted by molar-refractivity contribution is 5.84. The van der Waals surface area contributed by atoms with Gasteiger partial charge < -0.3 is 4.74 Å². The Morgan fingerprint density at radius 1 is 1.26 bits per heavy atom. The first-order chi connectivity index (χ1) is 11.0. The second-order valence-corrected chi connectivity index (χ2v) is 6.28. The predicted molar refractivity (Wildman–Crippen MR) is 92.0 cm³/mol. The summed E-state index contributed by atoms with van der Waals surface area (Å²) in [7, 11) is 0. The van der Waals surface area contributed by atoms with Crippen molar-refractivity contribution in [2.45, 2.75) is 52.1 Å². The second kappa shape index (κ2) is 8.09. The van der Waals surface area contributed by atoms with Crippen LogP contribution in [0.15, 0.2) is 42.2 Å². The number of hydrogen-bond donors (Lipinski definition) is 0. The number of carbonyl (C=O) groups excluding carboxylic acids is 1. The normalized spacial score (nSPS) is 22.2. The highest BCUT2D eigenvalue weighted by Gasteiger charge is 2.21. The van der Waals surface area contributed by atoms with Gasteiger partial charge in [0.15, 0.2) is 6.29 Å². The van der Waals surface area contributed by atoms with Gasteiger partial charge in [-0.05, 0) is 61.8 Å². The number of ether oxygens (including phenoxy) is 1. The fourth-order valence-electron chi connectivity index (χ4n) is 3.05. The second-order valence-electron chi connectivity index (χ2n) is 6.28. The molecule has 0 radical (unpaired) electrons. The first-order valence-corrected chi connectivity index (χ1v) is 8.33. The van der Waals surface area contributed by atoms with Crippen LogP contribution in [-0.2, 0) is 4.79 Å². The molecule has 1 aromatic rings. The lowest BCUT2D eigenvalue weighted by Gasteiger charge is -2.28. The van der Waals surface area contributed by atoms with Gasteiger partial charge in [0.1, 0.15) is 11.6 Å². The Labute approximate surface area is 138 Å². The van der Waals surface area contributed by atoms with Gasteiger partial charge in [0, 0.05) is 5.57 Å². The van der Waals surface area contributed by atoms with E-state index in [1.807, 2.05) is 24.3 Å². The molecule has 0 atom stereocenters. The van der Waals surface area contributed by atoms with E-state index in [-0.39, 0.29) is 11.7 Å². The minimum atomic E-state index is -0.563. The monoisotopic (exact) mass is 316 g/mol. The fourth-order valence-corrected chi connectivity index (χ4v) is 3.05. The third kappa shape index (κ3) is 4.54. The van der Waals surface area contributed by atoms with Crippen LogP contribution in [0, 0.1) is 5.92 Å². The van der Waals surface area contributed by atoms with Gasteiger partial charge in [-0.1, -0.05) is 32.1 Å². The molecular weight excluding hydrogens is 291 g/mol. The van der Waals surface area contributed by atoms with Crippen molar-refractivity contribution in [2.24, 2.45) is 5.92 Å². The Morgan fingerprint density at radius 2 is 1.87 bits per heavy atom. The lowest BCUT2D eigenvalue weighted by molar-refractivity contribution is -0.104.